The summed E-state index contributed by atoms with van der Waals surface area (Å²) in [6.07, 6.45) is -3.09. The normalized spacial score (nSPS) is 20.6. The zero-order chi connectivity index (χ0) is 15.6. The number of thioether (sulfide) groups is 1. The number of anilines is 1. The Labute approximate surface area is 127 Å². The van der Waals surface area contributed by atoms with E-state index < -0.39 is 11.7 Å². The van der Waals surface area contributed by atoms with Crippen LogP contribution in [0.1, 0.15) is 24.5 Å². The van der Waals surface area contributed by atoms with Crippen molar-refractivity contribution in [3.63, 3.8) is 0 Å². The molecule has 1 fully saturated rings. The van der Waals surface area contributed by atoms with Gasteiger partial charge in [0.15, 0.2) is 0 Å². The lowest BCUT2D eigenvalue weighted by atomic mass is 9.99. The second-order valence-corrected chi connectivity index (χ2v) is 6.80. The molecule has 2 rings (SSSR count). The molecular formula is C15H21F3N2S. The average Bonchev–Trinajstić information content (AvgIpc) is 2.90. The molecule has 1 aliphatic heterocycles. The summed E-state index contributed by atoms with van der Waals surface area (Å²) >= 11 is 1.85. The lowest BCUT2D eigenvalue weighted by Crippen LogP contribution is -2.31. The van der Waals surface area contributed by atoms with Gasteiger partial charge in [0, 0.05) is 30.6 Å². The summed E-state index contributed by atoms with van der Waals surface area (Å²) in [6.45, 7) is 1.72. The smallest absolute Gasteiger partial charge is 0.371 e. The quantitative estimate of drug-likeness (QED) is 0.921. The van der Waals surface area contributed by atoms with Crippen molar-refractivity contribution < 1.29 is 13.2 Å². The van der Waals surface area contributed by atoms with Crippen LogP contribution < -0.4 is 10.6 Å². The van der Waals surface area contributed by atoms with Gasteiger partial charge in [0.2, 0.25) is 0 Å². The number of nitrogens with two attached hydrogens (primary N) is 1. The molecule has 118 valence electrons. The van der Waals surface area contributed by atoms with E-state index in [1.54, 1.807) is 19.1 Å². The topological polar surface area (TPSA) is 29.3 Å². The molecule has 21 heavy (non-hydrogen) atoms. The van der Waals surface area contributed by atoms with E-state index in [1.807, 2.05) is 23.7 Å². The Kier molecular flexibility index (Phi) is 5.09. The molecule has 0 spiro atoms. The molecule has 2 nitrogen and oxygen atoms in total. The third-order valence-corrected chi connectivity index (χ3v) is 4.95. The van der Waals surface area contributed by atoms with Crippen LogP contribution in [0.25, 0.3) is 0 Å². The van der Waals surface area contributed by atoms with Crippen LogP contribution in [-0.2, 0) is 12.6 Å². The fourth-order valence-electron chi connectivity index (χ4n) is 2.61. The maximum Gasteiger partial charge on any atom is 0.416 e. The highest BCUT2D eigenvalue weighted by molar-refractivity contribution is 7.99. The van der Waals surface area contributed by atoms with Gasteiger partial charge in [-0.15, -0.1) is 0 Å². The summed E-state index contributed by atoms with van der Waals surface area (Å²) in [5.74, 6) is 2.04. The molecule has 0 aliphatic carbocycles. The molecule has 0 aromatic heterocycles. The number of nitrogens with zero attached hydrogens (tertiary/aromatic N) is 1. The molecule has 1 heterocycles. The van der Waals surface area contributed by atoms with Gasteiger partial charge >= 0.3 is 6.18 Å². The molecule has 2 unspecified atom stereocenters. The van der Waals surface area contributed by atoms with Gasteiger partial charge in [0.25, 0.3) is 0 Å². The van der Waals surface area contributed by atoms with Crippen molar-refractivity contribution in [3.05, 3.63) is 29.3 Å². The van der Waals surface area contributed by atoms with E-state index in [2.05, 4.69) is 0 Å². The Morgan fingerprint density at radius 2 is 2.14 bits per heavy atom. The van der Waals surface area contributed by atoms with Crippen LogP contribution in [0, 0.1) is 0 Å². The van der Waals surface area contributed by atoms with Crippen molar-refractivity contribution >= 4 is 17.4 Å². The number of hydrogen-bond acceptors (Lipinski definition) is 3. The average molecular weight is 318 g/mol. The van der Waals surface area contributed by atoms with Gasteiger partial charge in [-0.25, -0.2) is 0 Å². The van der Waals surface area contributed by atoms with Crippen LogP contribution in [0.15, 0.2) is 18.2 Å². The van der Waals surface area contributed by atoms with Crippen LogP contribution in [0.4, 0.5) is 18.9 Å². The minimum Gasteiger partial charge on any atom is -0.371 e. The number of alkyl halides is 3. The minimum absolute atomic E-state index is 0.234. The van der Waals surface area contributed by atoms with Crippen LogP contribution >= 0.6 is 11.8 Å². The summed E-state index contributed by atoms with van der Waals surface area (Å²) in [6, 6.07) is 4.63. The highest BCUT2D eigenvalue weighted by Gasteiger charge is 2.34. The van der Waals surface area contributed by atoms with E-state index in [-0.39, 0.29) is 18.0 Å². The van der Waals surface area contributed by atoms with Gasteiger partial charge < -0.3 is 10.6 Å². The molecule has 6 heteroatoms. The summed E-state index contributed by atoms with van der Waals surface area (Å²) < 4.78 is 39.8. The third kappa shape index (κ3) is 4.07. The Hall–Kier alpha value is -0.880. The highest BCUT2D eigenvalue weighted by Crippen LogP contribution is 2.36. The second kappa shape index (κ2) is 6.48. The van der Waals surface area contributed by atoms with Crippen molar-refractivity contribution in [1.82, 2.24) is 0 Å². The highest BCUT2D eigenvalue weighted by atomic mass is 32.2. The van der Waals surface area contributed by atoms with E-state index in [9.17, 15) is 13.2 Å². The van der Waals surface area contributed by atoms with Crippen LogP contribution in [0.2, 0.25) is 0 Å². The van der Waals surface area contributed by atoms with Gasteiger partial charge in [-0.1, -0.05) is 6.07 Å². The van der Waals surface area contributed by atoms with Gasteiger partial charge in [-0.05, 0) is 43.2 Å². The summed E-state index contributed by atoms with van der Waals surface area (Å²) in [5.41, 5.74) is 5.99. The van der Waals surface area contributed by atoms with Gasteiger partial charge in [-0.3, -0.25) is 0 Å². The second-order valence-electron chi connectivity index (χ2n) is 5.65. The molecule has 0 bridgehead atoms. The molecule has 1 saturated heterocycles. The molecule has 0 saturated carbocycles. The number of benzene rings is 1. The molecule has 0 amide bonds. The Morgan fingerprint density at radius 3 is 2.67 bits per heavy atom. The third-order valence-electron chi connectivity index (χ3n) is 3.80. The van der Waals surface area contributed by atoms with Crippen LogP contribution in [0.3, 0.4) is 0 Å². The lowest BCUT2D eigenvalue weighted by Gasteiger charge is -2.27. The number of halogens is 3. The first kappa shape index (κ1) is 16.5. The van der Waals surface area contributed by atoms with E-state index >= 15 is 0 Å². The van der Waals surface area contributed by atoms with Crippen molar-refractivity contribution in [2.75, 3.05) is 23.5 Å². The predicted octanol–water partition coefficient (Wildman–Crippen LogP) is 3.54. The van der Waals surface area contributed by atoms with E-state index in [0.29, 0.717) is 11.7 Å². The molecule has 0 radical (unpaired) electrons. The molecular weight excluding hydrogens is 297 g/mol. The van der Waals surface area contributed by atoms with Gasteiger partial charge in [-0.2, -0.15) is 24.9 Å². The predicted molar refractivity (Wildman–Crippen MR) is 82.9 cm³/mol. The molecule has 2 N–H and O–H groups in total. The SMILES string of the molecule is CC(N)Cc1ccc(N(C)C2CCSC2)cc1C(F)(F)F. The summed E-state index contributed by atoms with van der Waals surface area (Å²) in [5, 5.41) is 0. The van der Waals surface area contributed by atoms with E-state index in [0.717, 1.165) is 17.9 Å². The van der Waals surface area contributed by atoms with Gasteiger partial charge in [0.1, 0.15) is 0 Å². The van der Waals surface area contributed by atoms with Crippen molar-refractivity contribution in [1.29, 1.82) is 0 Å². The van der Waals surface area contributed by atoms with Crippen LogP contribution in [0.5, 0.6) is 0 Å². The maximum absolute atomic E-state index is 13.3. The van der Waals surface area contributed by atoms with Gasteiger partial charge in [0.05, 0.1) is 5.56 Å². The number of hydrogen-bond donors (Lipinski definition) is 1. The van der Waals surface area contributed by atoms with Crippen molar-refractivity contribution in [3.8, 4) is 0 Å². The summed E-state index contributed by atoms with van der Waals surface area (Å²) in [4.78, 5) is 1.96. The Balaban J connectivity index is 2.32. The maximum atomic E-state index is 13.3. The largest absolute Gasteiger partial charge is 0.416 e. The first-order valence-corrected chi connectivity index (χ1v) is 8.21. The van der Waals surface area contributed by atoms with Crippen molar-refractivity contribution in [2.45, 2.75) is 38.0 Å². The van der Waals surface area contributed by atoms with Crippen molar-refractivity contribution in [2.24, 2.45) is 5.73 Å². The van der Waals surface area contributed by atoms with E-state index in [4.69, 9.17) is 5.73 Å². The lowest BCUT2D eigenvalue weighted by molar-refractivity contribution is -0.138. The Morgan fingerprint density at radius 1 is 1.43 bits per heavy atom. The van der Waals surface area contributed by atoms with E-state index in [1.165, 1.54) is 6.07 Å². The fourth-order valence-corrected chi connectivity index (χ4v) is 3.88. The molecule has 1 aliphatic rings. The summed E-state index contributed by atoms with van der Waals surface area (Å²) in [7, 11) is 1.87. The monoisotopic (exact) mass is 318 g/mol. The Bertz CT molecular complexity index is 482. The van der Waals surface area contributed by atoms with Crippen LogP contribution in [-0.4, -0.2) is 30.6 Å². The molecule has 1 aromatic carbocycles. The number of rotatable bonds is 4. The zero-order valence-corrected chi connectivity index (χ0v) is 13.1. The minimum atomic E-state index is -4.34. The molecule has 2 atom stereocenters. The first-order valence-electron chi connectivity index (χ1n) is 7.05. The standard InChI is InChI=1S/C15H21F3N2S/c1-10(19)7-11-3-4-12(8-14(11)15(16,17)18)20(2)13-5-6-21-9-13/h3-4,8,10,13H,5-7,9,19H2,1-2H3. The first-order chi connectivity index (χ1) is 9.79. The zero-order valence-electron chi connectivity index (χ0n) is 12.3. The molecule has 1 aromatic rings. The fraction of sp³-hybridized carbons (Fsp3) is 0.600.